The predicted molar refractivity (Wildman–Crippen MR) is 42.9 cm³/mol. The lowest BCUT2D eigenvalue weighted by atomic mass is 10.1. The molecule has 0 amide bonds. The summed E-state index contributed by atoms with van der Waals surface area (Å²) in [5.41, 5.74) is -1.78. The van der Waals surface area contributed by atoms with Crippen LogP contribution in [-0.2, 0) is 9.53 Å². The molecule has 0 unspecified atom stereocenters. The SMILES string of the molecule is CCOC(=O)C(C#N)=C(O)C(F)(F)C(F)(F)F. The molecule has 0 saturated heterocycles. The number of ether oxygens (including phenoxy) is 1. The third-order valence-corrected chi connectivity index (χ3v) is 1.48. The van der Waals surface area contributed by atoms with E-state index in [1.54, 1.807) is 0 Å². The normalized spacial score (nSPS) is 13.7. The van der Waals surface area contributed by atoms with Gasteiger partial charge in [0.1, 0.15) is 6.07 Å². The number of hydrogen-bond donors (Lipinski definition) is 1. The Bertz CT molecular complexity index is 380. The summed E-state index contributed by atoms with van der Waals surface area (Å²) in [4.78, 5) is 10.8. The summed E-state index contributed by atoms with van der Waals surface area (Å²) in [6.45, 7) is 0.890. The summed E-state index contributed by atoms with van der Waals surface area (Å²) in [5.74, 6) is -10.1. The summed E-state index contributed by atoms with van der Waals surface area (Å²) >= 11 is 0. The van der Waals surface area contributed by atoms with Gasteiger partial charge < -0.3 is 9.84 Å². The molecule has 96 valence electrons. The van der Waals surface area contributed by atoms with Crippen LogP contribution in [0.3, 0.4) is 0 Å². The molecule has 0 aromatic carbocycles. The van der Waals surface area contributed by atoms with Gasteiger partial charge >= 0.3 is 18.1 Å². The molecule has 4 nitrogen and oxygen atoms in total. The number of nitriles is 1. The predicted octanol–water partition coefficient (Wildman–Crippen LogP) is 2.08. The summed E-state index contributed by atoms with van der Waals surface area (Å²) < 4.78 is 64.7. The summed E-state index contributed by atoms with van der Waals surface area (Å²) in [5, 5.41) is 16.9. The van der Waals surface area contributed by atoms with Crippen LogP contribution in [0.5, 0.6) is 0 Å². The molecule has 0 aliphatic rings. The van der Waals surface area contributed by atoms with Gasteiger partial charge in [-0.2, -0.15) is 27.2 Å². The van der Waals surface area contributed by atoms with Gasteiger partial charge in [0.2, 0.25) is 0 Å². The van der Waals surface area contributed by atoms with E-state index in [1.165, 1.54) is 6.92 Å². The quantitative estimate of drug-likeness (QED) is 0.277. The molecule has 0 aromatic heterocycles. The minimum absolute atomic E-state index is 0.352. The van der Waals surface area contributed by atoms with E-state index in [9.17, 15) is 26.7 Å². The van der Waals surface area contributed by atoms with Gasteiger partial charge in [-0.05, 0) is 6.92 Å². The Labute approximate surface area is 91.9 Å². The van der Waals surface area contributed by atoms with Gasteiger partial charge in [-0.15, -0.1) is 0 Å². The van der Waals surface area contributed by atoms with Gasteiger partial charge in [0, 0.05) is 0 Å². The molecule has 0 bridgehead atoms. The molecular formula is C8H6F5NO3. The van der Waals surface area contributed by atoms with E-state index in [4.69, 9.17) is 10.4 Å². The average molecular weight is 259 g/mol. The third kappa shape index (κ3) is 3.05. The summed E-state index contributed by atoms with van der Waals surface area (Å²) in [7, 11) is 0. The second-order valence-corrected chi connectivity index (χ2v) is 2.63. The first-order valence-corrected chi connectivity index (χ1v) is 4.05. The molecular weight excluding hydrogens is 253 g/mol. The van der Waals surface area contributed by atoms with Crippen molar-refractivity contribution in [2.24, 2.45) is 0 Å². The largest absolute Gasteiger partial charge is 0.505 e. The number of esters is 1. The molecule has 0 saturated carbocycles. The molecule has 0 fully saturated rings. The van der Waals surface area contributed by atoms with Crippen molar-refractivity contribution in [1.82, 2.24) is 0 Å². The first-order valence-electron chi connectivity index (χ1n) is 4.05. The minimum atomic E-state index is -6.12. The van der Waals surface area contributed by atoms with Crippen LogP contribution in [0.25, 0.3) is 0 Å². The number of carbonyl (C=O) groups excluding carboxylic acids is 1. The van der Waals surface area contributed by atoms with Crippen LogP contribution in [-0.4, -0.2) is 29.8 Å². The van der Waals surface area contributed by atoms with Crippen molar-refractivity contribution in [3.8, 4) is 6.07 Å². The van der Waals surface area contributed by atoms with E-state index in [0.717, 1.165) is 6.07 Å². The molecule has 0 aliphatic carbocycles. The first-order chi connectivity index (χ1) is 7.59. The Hall–Kier alpha value is -1.85. The van der Waals surface area contributed by atoms with Crippen molar-refractivity contribution in [1.29, 1.82) is 5.26 Å². The number of nitrogens with zero attached hydrogens (tertiary/aromatic N) is 1. The van der Waals surface area contributed by atoms with Crippen molar-refractivity contribution in [2.45, 2.75) is 19.0 Å². The Morgan fingerprint density at radius 3 is 2.12 bits per heavy atom. The number of halogens is 5. The monoisotopic (exact) mass is 259 g/mol. The lowest BCUT2D eigenvalue weighted by Gasteiger charge is -2.19. The number of aliphatic hydroxyl groups excluding tert-OH is 1. The number of allylic oxidation sites excluding steroid dienone is 1. The third-order valence-electron chi connectivity index (χ3n) is 1.48. The van der Waals surface area contributed by atoms with Crippen molar-refractivity contribution >= 4 is 5.97 Å². The number of aliphatic hydroxyl groups is 1. The zero-order chi connectivity index (χ0) is 13.9. The van der Waals surface area contributed by atoms with Gasteiger partial charge in [-0.1, -0.05) is 0 Å². The standard InChI is InChI=1S/C8H6F5NO3/c1-2-17-6(16)4(3-14)5(15)7(9,10)8(11,12)13/h15H,2H2,1H3. The lowest BCUT2D eigenvalue weighted by molar-refractivity contribution is -0.274. The van der Waals surface area contributed by atoms with E-state index < -0.39 is 29.4 Å². The maximum atomic E-state index is 12.6. The Balaban J connectivity index is 5.56. The fraction of sp³-hybridized carbons (Fsp3) is 0.500. The molecule has 9 heteroatoms. The van der Waals surface area contributed by atoms with E-state index >= 15 is 0 Å². The topological polar surface area (TPSA) is 70.3 Å². The highest BCUT2D eigenvalue weighted by atomic mass is 19.4. The highest BCUT2D eigenvalue weighted by Gasteiger charge is 2.62. The molecule has 0 heterocycles. The van der Waals surface area contributed by atoms with Crippen LogP contribution in [0.4, 0.5) is 22.0 Å². The second-order valence-electron chi connectivity index (χ2n) is 2.63. The fourth-order valence-corrected chi connectivity index (χ4v) is 0.690. The van der Waals surface area contributed by atoms with Crippen molar-refractivity contribution in [3.05, 3.63) is 11.3 Å². The van der Waals surface area contributed by atoms with Crippen molar-refractivity contribution < 1.29 is 36.6 Å². The summed E-state index contributed by atoms with van der Waals surface area (Å²) in [6.07, 6.45) is -6.12. The zero-order valence-corrected chi connectivity index (χ0v) is 8.31. The molecule has 0 radical (unpaired) electrons. The van der Waals surface area contributed by atoms with Gasteiger partial charge in [0.05, 0.1) is 6.61 Å². The average Bonchev–Trinajstić information content (AvgIpc) is 2.17. The number of hydrogen-bond acceptors (Lipinski definition) is 4. The molecule has 0 spiro atoms. The van der Waals surface area contributed by atoms with E-state index in [0.29, 0.717) is 0 Å². The zero-order valence-electron chi connectivity index (χ0n) is 8.31. The minimum Gasteiger partial charge on any atom is -0.505 e. The lowest BCUT2D eigenvalue weighted by Crippen LogP contribution is -2.39. The molecule has 1 N–H and O–H groups in total. The molecule has 0 rings (SSSR count). The maximum Gasteiger partial charge on any atom is 0.461 e. The van der Waals surface area contributed by atoms with E-state index in [1.807, 2.05) is 0 Å². The van der Waals surface area contributed by atoms with E-state index in [-0.39, 0.29) is 6.61 Å². The Morgan fingerprint density at radius 2 is 1.82 bits per heavy atom. The van der Waals surface area contributed by atoms with Crippen LogP contribution in [0.1, 0.15) is 6.92 Å². The van der Waals surface area contributed by atoms with Gasteiger partial charge in [0.25, 0.3) is 0 Å². The Morgan fingerprint density at radius 1 is 1.35 bits per heavy atom. The molecule has 0 aromatic rings. The van der Waals surface area contributed by atoms with E-state index in [2.05, 4.69) is 4.74 Å². The maximum absolute atomic E-state index is 12.6. The summed E-state index contributed by atoms with van der Waals surface area (Å²) in [6, 6.07) is 0.740. The van der Waals surface area contributed by atoms with Crippen molar-refractivity contribution in [2.75, 3.05) is 6.61 Å². The Kier molecular flexibility index (Phi) is 4.44. The van der Waals surface area contributed by atoms with Gasteiger partial charge in [-0.3, -0.25) is 0 Å². The number of rotatable bonds is 3. The molecule has 0 aliphatic heterocycles. The van der Waals surface area contributed by atoms with Crippen LogP contribution >= 0.6 is 0 Å². The fourth-order valence-electron chi connectivity index (χ4n) is 0.690. The highest BCUT2D eigenvalue weighted by Crippen LogP contribution is 2.41. The van der Waals surface area contributed by atoms with Crippen LogP contribution in [0, 0.1) is 11.3 Å². The molecule has 0 atom stereocenters. The van der Waals surface area contributed by atoms with Crippen LogP contribution in [0.2, 0.25) is 0 Å². The molecule has 17 heavy (non-hydrogen) atoms. The number of carbonyl (C=O) groups is 1. The smallest absolute Gasteiger partial charge is 0.461 e. The van der Waals surface area contributed by atoms with Crippen LogP contribution in [0.15, 0.2) is 11.3 Å². The van der Waals surface area contributed by atoms with Gasteiger partial charge in [0.15, 0.2) is 11.3 Å². The highest BCUT2D eigenvalue weighted by molar-refractivity contribution is 5.93. The number of alkyl halides is 5. The van der Waals surface area contributed by atoms with Gasteiger partial charge in [-0.25, -0.2) is 4.79 Å². The van der Waals surface area contributed by atoms with Crippen molar-refractivity contribution in [3.63, 3.8) is 0 Å². The van der Waals surface area contributed by atoms with Crippen LogP contribution < -0.4 is 0 Å². The second kappa shape index (κ2) is 4.99. The first kappa shape index (κ1) is 15.2.